The molecule has 4 nitrogen and oxygen atoms in total. The van der Waals surface area contributed by atoms with Crippen molar-refractivity contribution in [2.45, 2.75) is 39.2 Å². The maximum Gasteiger partial charge on any atom is 0.216 e. The van der Waals surface area contributed by atoms with Crippen LogP contribution in [0.15, 0.2) is 18.2 Å². The average Bonchev–Trinajstić information content (AvgIpc) is 2.81. The van der Waals surface area contributed by atoms with Crippen LogP contribution >= 0.6 is 0 Å². The van der Waals surface area contributed by atoms with E-state index < -0.39 is 0 Å². The zero-order valence-electron chi connectivity index (χ0n) is 12.7. The molecule has 0 atom stereocenters. The van der Waals surface area contributed by atoms with Crippen LogP contribution in [0.2, 0.25) is 0 Å². The number of aromatic nitrogens is 1. The number of amides is 1. The van der Waals surface area contributed by atoms with E-state index in [9.17, 15) is 4.79 Å². The number of aryl methyl sites for hydroxylation is 1. The van der Waals surface area contributed by atoms with E-state index >= 15 is 0 Å². The molecule has 1 aromatic carbocycles. The Balaban J connectivity index is 2.04. The fraction of sp³-hybridized carbons (Fsp3) is 0.471. The molecule has 1 aliphatic rings. The van der Waals surface area contributed by atoms with Crippen molar-refractivity contribution in [3.63, 3.8) is 0 Å². The second-order valence-corrected chi connectivity index (χ2v) is 5.65. The van der Waals surface area contributed by atoms with Gasteiger partial charge in [0.1, 0.15) is 5.75 Å². The first-order valence-electron chi connectivity index (χ1n) is 7.63. The van der Waals surface area contributed by atoms with Crippen molar-refractivity contribution in [2.75, 3.05) is 13.7 Å². The molecule has 0 unspecified atom stereocenters. The lowest BCUT2D eigenvalue weighted by molar-refractivity contribution is -0.118. The standard InChI is InChI=1S/C17H22N2O2/c1-12(20)18-9-8-14-15-11-13(21-2)6-7-17(15)19-10-4-3-5-16(14)19/h6-7,11H,3-5,8-10H2,1-2H3,(H,18,20). The second-order valence-electron chi connectivity index (χ2n) is 5.65. The van der Waals surface area contributed by atoms with Gasteiger partial charge in [-0.3, -0.25) is 4.79 Å². The van der Waals surface area contributed by atoms with Gasteiger partial charge in [0.15, 0.2) is 0 Å². The van der Waals surface area contributed by atoms with Crippen LogP contribution in [0, 0.1) is 0 Å². The minimum Gasteiger partial charge on any atom is -0.497 e. The summed E-state index contributed by atoms with van der Waals surface area (Å²) in [7, 11) is 1.70. The van der Waals surface area contributed by atoms with Crippen LogP contribution in [0.3, 0.4) is 0 Å². The molecule has 0 spiro atoms. The number of carbonyl (C=O) groups is 1. The predicted octanol–water partition coefficient (Wildman–Crippen LogP) is 2.66. The summed E-state index contributed by atoms with van der Waals surface area (Å²) in [5, 5.41) is 4.18. The van der Waals surface area contributed by atoms with Crippen LogP contribution in [-0.4, -0.2) is 24.1 Å². The first kappa shape index (κ1) is 14.0. The van der Waals surface area contributed by atoms with Crippen LogP contribution in [0.25, 0.3) is 10.9 Å². The van der Waals surface area contributed by atoms with Gasteiger partial charge in [0.2, 0.25) is 5.91 Å². The van der Waals surface area contributed by atoms with Crippen molar-refractivity contribution in [1.29, 1.82) is 0 Å². The van der Waals surface area contributed by atoms with Gasteiger partial charge in [-0.25, -0.2) is 0 Å². The minimum atomic E-state index is 0.0324. The fourth-order valence-corrected chi connectivity index (χ4v) is 3.33. The van der Waals surface area contributed by atoms with Crippen LogP contribution in [0.1, 0.15) is 31.0 Å². The first-order chi connectivity index (χ1) is 10.2. The Hall–Kier alpha value is -1.97. The molecule has 1 aromatic heterocycles. The Labute approximate surface area is 125 Å². The van der Waals surface area contributed by atoms with Gasteiger partial charge in [-0.1, -0.05) is 0 Å². The lowest BCUT2D eigenvalue weighted by Crippen LogP contribution is -2.23. The second kappa shape index (κ2) is 5.80. The van der Waals surface area contributed by atoms with Crippen molar-refractivity contribution in [2.24, 2.45) is 0 Å². The third kappa shape index (κ3) is 2.62. The largest absolute Gasteiger partial charge is 0.497 e. The van der Waals surface area contributed by atoms with Gasteiger partial charge in [-0.05, 0) is 49.4 Å². The number of nitrogens with zero attached hydrogens (tertiary/aromatic N) is 1. The van der Waals surface area contributed by atoms with Gasteiger partial charge in [0, 0.05) is 36.6 Å². The quantitative estimate of drug-likeness (QED) is 0.939. The monoisotopic (exact) mass is 286 g/mol. The maximum atomic E-state index is 11.1. The molecule has 112 valence electrons. The number of rotatable bonds is 4. The number of hydrogen-bond donors (Lipinski definition) is 1. The highest BCUT2D eigenvalue weighted by Crippen LogP contribution is 2.33. The molecule has 21 heavy (non-hydrogen) atoms. The number of fused-ring (bicyclic) bond motifs is 3. The van der Waals surface area contributed by atoms with E-state index in [-0.39, 0.29) is 5.91 Å². The highest BCUT2D eigenvalue weighted by molar-refractivity contribution is 5.87. The predicted molar refractivity (Wildman–Crippen MR) is 83.8 cm³/mol. The van der Waals surface area contributed by atoms with Crippen molar-refractivity contribution in [1.82, 2.24) is 9.88 Å². The molecule has 1 amide bonds. The third-order valence-corrected chi connectivity index (χ3v) is 4.29. The Bertz CT molecular complexity index is 673. The summed E-state index contributed by atoms with van der Waals surface area (Å²) in [4.78, 5) is 11.1. The molecule has 0 saturated heterocycles. The van der Waals surface area contributed by atoms with E-state index in [0.29, 0.717) is 6.54 Å². The third-order valence-electron chi connectivity index (χ3n) is 4.29. The summed E-state index contributed by atoms with van der Waals surface area (Å²) in [6, 6.07) is 6.32. The van der Waals surface area contributed by atoms with E-state index in [1.165, 1.54) is 35.0 Å². The van der Waals surface area contributed by atoms with Gasteiger partial charge in [0.05, 0.1) is 7.11 Å². The molecule has 2 aromatic rings. The molecule has 1 aliphatic heterocycles. The number of nitrogens with one attached hydrogen (secondary N) is 1. The summed E-state index contributed by atoms with van der Waals surface area (Å²) in [6.45, 7) is 3.35. The number of methoxy groups -OCH3 is 1. The number of ether oxygens (including phenoxy) is 1. The summed E-state index contributed by atoms with van der Waals surface area (Å²) < 4.78 is 7.82. The van der Waals surface area contributed by atoms with Gasteiger partial charge >= 0.3 is 0 Å². The van der Waals surface area contributed by atoms with E-state index in [2.05, 4.69) is 22.0 Å². The van der Waals surface area contributed by atoms with Gasteiger partial charge in [-0.15, -0.1) is 0 Å². The Morgan fingerprint density at radius 3 is 3.00 bits per heavy atom. The zero-order valence-corrected chi connectivity index (χ0v) is 12.7. The summed E-state index contributed by atoms with van der Waals surface area (Å²) >= 11 is 0. The molecule has 4 heteroatoms. The Morgan fingerprint density at radius 2 is 2.24 bits per heavy atom. The van der Waals surface area contributed by atoms with Crippen molar-refractivity contribution in [3.05, 3.63) is 29.5 Å². The van der Waals surface area contributed by atoms with Crippen molar-refractivity contribution >= 4 is 16.8 Å². The first-order valence-corrected chi connectivity index (χ1v) is 7.63. The van der Waals surface area contributed by atoms with Crippen molar-refractivity contribution in [3.8, 4) is 5.75 Å². The maximum absolute atomic E-state index is 11.1. The molecule has 1 N–H and O–H groups in total. The van der Waals surface area contributed by atoms with Crippen molar-refractivity contribution < 1.29 is 9.53 Å². The van der Waals surface area contributed by atoms with Gasteiger partial charge < -0.3 is 14.6 Å². The molecular formula is C17H22N2O2. The summed E-state index contributed by atoms with van der Waals surface area (Å²) in [5.74, 6) is 0.927. The molecular weight excluding hydrogens is 264 g/mol. The van der Waals surface area contributed by atoms with E-state index in [1.807, 2.05) is 6.07 Å². The molecule has 0 saturated carbocycles. The molecule has 0 fully saturated rings. The topological polar surface area (TPSA) is 43.3 Å². The number of carbonyl (C=O) groups excluding carboxylic acids is 1. The summed E-state index contributed by atoms with van der Waals surface area (Å²) in [5.41, 5.74) is 4.11. The molecule has 0 bridgehead atoms. The SMILES string of the molecule is COc1ccc2c(c1)c(CCNC(C)=O)c1n2CCCC1. The normalized spacial score (nSPS) is 14.0. The average molecular weight is 286 g/mol. The van der Waals surface area contributed by atoms with Crippen LogP contribution < -0.4 is 10.1 Å². The lowest BCUT2D eigenvalue weighted by atomic mass is 10.0. The Kier molecular flexibility index (Phi) is 3.86. The minimum absolute atomic E-state index is 0.0324. The molecule has 0 aliphatic carbocycles. The molecule has 3 rings (SSSR count). The fourth-order valence-electron chi connectivity index (χ4n) is 3.33. The Morgan fingerprint density at radius 1 is 1.38 bits per heavy atom. The van der Waals surface area contributed by atoms with E-state index in [1.54, 1.807) is 14.0 Å². The highest BCUT2D eigenvalue weighted by atomic mass is 16.5. The van der Waals surface area contributed by atoms with E-state index in [0.717, 1.165) is 25.1 Å². The van der Waals surface area contributed by atoms with Crippen LogP contribution in [0.5, 0.6) is 5.75 Å². The number of benzene rings is 1. The molecule has 0 radical (unpaired) electrons. The van der Waals surface area contributed by atoms with E-state index in [4.69, 9.17) is 4.74 Å². The number of hydrogen-bond acceptors (Lipinski definition) is 2. The summed E-state index contributed by atoms with van der Waals surface area (Å²) in [6.07, 6.45) is 4.51. The lowest BCUT2D eigenvalue weighted by Gasteiger charge is -2.17. The van der Waals surface area contributed by atoms with Gasteiger partial charge in [0.25, 0.3) is 0 Å². The van der Waals surface area contributed by atoms with Crippen LogP contribution in [0.4, 0.5) is 0 Å². The highest BCUT2D eigenvalue weighted by Gasteiger charge is 2.19. The van der Waals surface area contributed by atoms with Crippen LogP contribution in [-0.2, 0) is 24.2 Å². The zero-order chi connectivity index (χ0) is 14.8. The smallest absolute Gasteiger partial charge is 0.216 e. The molecule has 2 heterocycles. The van der Waals surface area contributed by atoms with Gasteiger partial charge in [-0.2, -0.15) is 0 Å².